The predicted molar refractivity (Wildman–Crippen MR) is 54.8 cm³/mol. The van der Waals surface area contributed by atoms with E-state index in [1.54, 1.807) is 0 Å². The molecule has 2 rings (SSSR count). The van der Waals surface area contributed by atoms with E-state index in [0.717, 1.165) is 29.8 Å². The van der Waals surface area contributed by atoms with Gasteiger partial charge in [-0.15, -0.1) is 0 Å². The van der Waals surface area contributed by atoms with Crippen LogP contribution in [-0.2, 0) is 0 Å². The first-order valence-electron chi connectivity index (χ1n) is 4.30. The van der Waals surface area contributed by atoms with Crippen molar-refractivity contribution < 1.29 is 5.11 Å². The summed E-state index contributed by atoms with van der Waals surface area (Å²) in [5.41, 5.74) is 1.08. The van der Waals surface area contributed by atoms with Gasteiger partial charge >= 0.3 is 0 Å². The molecule has 1 aromatic heterocycles. The van der Waals surface area contributed by atoms with Crippen molar-refractivity contribution >= 4 is 21.6 Å². The van der Waals surface area contributed by atoms with E-state index in [9.17, 15) is 5.11 Å². The van der Waals surface area contributed by atoms with E-state index >= 15 is 0 Å². The fraction of sp³-hybridized carbons (Fsp3) is 0.444. The lowest BCUT2D eigenvalue weighted by Gasteiger charge is -2.16. The average molecular weight is 243 g/mol. The lowest BCUT2D eigenvalue weighted by Crippen LogP contribution is -2.21. The largest absolute Gasteiger partial charge is 0.391 e. The molecule has 1 N–H and O–H groups in total. The van der Waals surface area contributed by atoms with Gasteiger partial charge in [0.15, 0.2) is 0 Å². The normalized spacial score (nSPS) is 22.3. The van der Waals surface area contributed by atoms with Crippen molar-refractivity contribution in [3.05, 3.63) is 22.9 Å². The van der Waals surface area contributed by atoms with Crippen LogP contribution < -0.4 is 4.90 Å². The van der Waals surface area contributed by atoms with Crippen molar-refractivity contribution in [1.82, 2.24) is 4.98 Å². The zero-order valence-corrected chi connectivity index (χ0v) is 8.74. The molecule has 0 bridgehead atoms. The van der Waals surface area contributed by atoms with Gasteiger partial charge in [0.2, 0.25) is 0 Å². The number of pyridine rings is 1. The maximum Gasteiger partial charge on any atom is 0.106 e. The van der Waals surface area contributed by atoms with Crippen LogP contribution in [-0.4, -0.2) is 29.3 Å². The van der Waals surface area contributed by atoms with E-state index in [1.165, 1.54) is 0 Å². The highest BCUT2D eigenvalue weighted by atomic mass is 79.9. The van der Waals surface area contributed by atoms with Crippen molar-refractivity contribution in [3.8, 4) is 0 Å². The van der Waals surface area contributed by atoms with Crippen molar-refractivity contribution in [2.24, 2.45) is 0 Å². The van der Waals surface area contributed by atoms with Gasteiger partial charge in [0.05, 0.1) is 18.0 Å². The van der Waals surface area contributed by atoms with Crippen LogP contribution in [0.5, 0.6) is 0 Å². The Hall–Kier alpha value is -0.610. The topological polar surface area (TPSA) is 36.4 Å². The second-order valence-corrected chi connectivity index (χ2v) is 4.04. The Morgan fingerprint density at radius 1 is 1.54 bits per heavy atom. The molecule has 0 spiro atoms. The summed E-state index contributed by atoms with van der Waals surface area (Å²) in [6.07, 6.45) is 2.50. The fourth-order valence-corrected chi connectivity index (χ4v) is 1.77. The Morgan fingerprint density at radius 2 is 2.38 bits per heavy atom. The smallest absolute Gasteiger partial charge is 0.106 e. The molecule has 4 heteroatoms. The van der Waals surface area contributed by atoms with Gasteiger partial charge in [-0.25, -0.2) is 4.98 Å². The van der Waals surface area contributed by atoms with E-state index in [-0.39, 0.29) is 6.10 Å². The Balaban J connectivity index is 2.13. The number of nitrogens with zero attached hydrogens (tertiary/aromatic N) is 2. The molecule has 1 atom stereocenters. The summed E-state index contributed by atoms with van der Waals surface area (Å²) in [6.45, 7) is 1.65. The molecule has 1 fully saturated rings. The Morgan fingerprint density at radius 3 is 2.92 bits per heavy atom. The number of hydrogen-bond donors (Lipinski definition) is 1. The van der Waals surface area contributed by atoms with E-state index in [2.05, 4.69) is 25.8 Å². The van der Waals surface area contributed by atoms with Crippen LogP contribution in [0.15, 0.2) is 22.9 Å². The average Bonchev–Trinajstić information content (AvgIpc) is 2.53. The van der Waals surface area contributed by atoms with E-state index in [0.29, 0.717) is 0 Å². The molecule has 1 aromatic rings. The molecule has 1 aliphatic rings. The van der Waals surface area contributed by atoms with Gasteiger partial charge in [-0.05, 0) is 34.5 Å². The van der Waals surface area contributed by atoms with Crippen molar-refractivity contribution in [1.29, 1.82) is 0 Å². The standard InChI is InChI=1S/C9H11BrN2O/c10-9-2-1-7(5-11-9)12-4-3-8(13)6-12/h1-2,5,8,13H,3-4,6H2/t8-/m1/s1. The third-order valence-corrected chi connectivity index (χ3v) is 2.71. The van der Waals surface area contributed by atoms with Gasteiger partial charge in [0.25, 0.3) is 0 Å². The molecule has 1 saturated heterocycles. The van der Waals surface area contributed by atoms with Crippen molar-refractivity contribution in [2.75, 3.05) is 18.0 Å². The summed E-state index contributed by atoms with van der Waals surface area (Å²) in [5.74, 6) is 0. The minimum absolute atomic E-state index is 0.177. The van der Waals surface area contributed by atoms with E-state index in [1.807, 2.05) is 18.3 Å². The monoisotopic (exact) mass is 242 g/mol. The SMILES string of the molecule is O[C@@H]1CCN(c2ccc(Br)nc2)C1. The molecule has 2 heterocycles. The molecule has 0 amide bonds. The van der Waals surface area contributed by atoms with Crippen LogP contribution in [0.4, 0.5) is 5.69 Å². The second-order valence-electron chi connectivity index (χ2n) is 3.23. The molecule has 0 radical (unpaired) electrons. The number of aliphatic hydroxyl groups is 1. The minimum Gasteiger partial charge on any atom is -0.391 e. The lowest BCUT2D eigenvalue weighted by molar-refractivity contribution is 0.198. The summed E-state index contributed by atoms with van der Waals surface area (Å²) < 4.78 is 0.844. The molecular weight excluding hydrogens is 232 g/mol. The summed E-state index contributed by atoms with van der Waals surface area (Å²) in [6, 6.07) is 3.93. The number of hydrogen-bond acceptors (Lipinski definition) is 3. The first-order valence-corrected chi connectivity index (χ1v) is 5.09. The van der Waals surface area contributed by atoms with Crippen molar-refractivity contribution in [3.63, 3.8) is 0 Å². The zero-order valence-electron chi connectivity index (χ0n) is 7.15. The zero-order chi connectivity index (χ0) is 9.26. The Bertz CT molecular complexity index is 288. The van der Waals surface area contributed by atoms with E-state index < -0.39 is 0 Å². The van der Waals surface area contributed by atoms with Crippen LogP contribution >= 0.6 is 15.9 Å². The van der Waals surface area contributed by atoms with Gasteiger partial charge in [0, 0.05) is 13.1 Å². The maximum absolute atomic E-state index is 9.34. The maximum atomic E-state index is 9.34. The highest BCUT2D eigenvalue weighted by Crippen LogP contribution is 2.20. The van der Waals surface area contributed by atoms with Gasteiger partial charge in [-0.3, -0.25) is 0 Å². The number of aromatic nitrogens is 1. The third-order valence-electron chi connectivity index (χ3n) is 2.24. The van der Waals surface area contributed by atoms with Crippen LogP contribution in [0.3, 0.4) is 0 Å². The minimum atomic E-state index is -0.177. The quantitative estimate of drug-likeness (QED) is 0.757. The number of aliphatic hydroxyl groups excluding tert-OH is 1. The second kappa shape index (κ2) is 3.64. The van der Waals surface area contributed by atoms with Gasteiger partial charge < -0.3 is 10.0 Å². The Kier molecular flexibility index (Phi) is 2.51. The molecule has 0 aromatic carbocycles. The van der Waals surface area contributed by atoms with Crippen LogP contribution in [0.1, 0.15) is 6.42 Å². The summed E-state index contributed by atoms with van der Waals surface area (Å²) >= 11 is 3.29. The van der Waals surface area contributed by atoms with Crippen LogP contribution in [0.25, 0.3) is 0 Å². The van der Waals surface area contributed by atoms with Gasteiger partial charge in [-0.1, -0.05) is 0 Å². The first-order chi connectivity index (χ1) is 6.25. The molecule has 0 unspecified atom stereocenters. The first kappa shape index (κ1) is 8.97. The predicted octanol–water partition coefficient (Wildman–Crippen LogP) is 1.42. The highest BCUT2D eigenvalue weighted by molar-refractivity contribution is 9.10. The van der Waals surface area contributed by atoms with Gasteiger partial charge in [0.1, 0.15) is 4.60 Å². The van der Waals surface area contributed by atoms with Crippen LogP contribution in [0.2, 0.25) is 0 Å². The number of anilines is 1. The summed E-state index contributed by atoms with van der Waals surface area (Å²) in [7, 11) is 0. The molecular formula is C9H11BrN2O. The molecule has 3 nitrogen and oxygen atoms in total. The molecule has 70 valence electrons. The molecule has 13 heavy (non-hydrogen) atoms. The summed E-state index contributed by atoms with van der Waals surface area (Å²) in [4.78, 5) is 6.29. The van der Waals surface area contributed by atoms with E-state index in [4.69, 9.17) is 0 Å². The lowest BCUT2D eigenvalue weighted by atomic mass is 10.3. The van der Waals surface area contributed by atoms with Crippen LogP contribution in [0, 0.1) is 0 Å². The summed E-state index contributed by atoms with van der Waals surface area (Å²) in [5, 5.41) is 9.34. The number of rotatable bonds is 1. The van der Waals surface area contributed by atoms with Crippen molar-refractivity contribution in [2.45, 2.75) is 12.5 Å². The van der Waals surface area contributed by atoms with Gasteiger partial charge in [-0.2, -0.15) is 0 Å². The number of halogens is 1. The molecule has 0 aliphatic carbocycles. The fourth-order valence-electron chi connectivity index (χ4n) is 1.53. The number of β-amino-alcohol motifs (C(OH)–C–C–N with tert-alkyl or cyclic N) is 1. The Labute approximate surface area is 85.5 Å². The molecule has 0 saturated carbocycles. The highest BCUT2D eigenvalue weighted by Gasteiger charge is 2.20. The molecule has 1 aliphatic heterocycles. The third kappa shape index (κ3) is 2.00.